The Hall–Kier alpha value is -2.70. The average Bonchev–Trinajstić information content (AvgIpc) is 3.25. The van der Waals surface area contributed by atoms with Crippen LogP contribution in [0, 0.1) is 0 Å². The first-order valence-corrected chi connectivity index (χ1v) is 9.49. The summed E-state index contributed by atoms with van der Waals surface area (Å²) < 4.78 is 0. The van der Waals surface area contributed by atoms with Crippen LogP contribution in [0.15, 0.2) is 24.3 Å². The summed E-state index contributed by atoms with van der Waals surface area (Å²) in [7, 11) is 0. The third-order valence-corrected chi connectivity index (χ3v) is 5.34. The summed E-state index contributed by atoms with van der Waals surface area (Å²) in [5.41, 5.74) is 2.14. The molecule has 7 nitrogen and oxygen atoms in total. The van der Waals surface area contributed by atoms with Crippen LogP contribution in [0.1, 0.15) is 56.7 Å². The van der Waals surface area contributed by atoms with E-state index in [1.807, 2.05) is 31.2 Å². The van der Waals surface area contributed by atoms with Crippen molar-refractivity contribution in [3.8, 4) is 0 Å². The van der Waals surface area contributed by atoms with E-state index in [1.165, 1.54) is 5.56 Å². The molecular weight excluding hydrogens is 346 g/mol. The molecule has 1 saturated carbocycles. The lowest BCUT2D eigenvalue weighted by atomic mass is 10.1. The van der Waals surface area contributed by atoms with Crippen molar-refractivity contribution in [3.63, 3.8) is 0 Å². The summed E-state index contributed by atoms with van der Waals surface area (Å²) in [5, 5.41) is 2.79. The highest BCUT2D eigenvalue weighted by atomic mass is 16.2. The lowest BCUT2D eigenvalue weighted by molar-refractivity contribution is -0.144. The van der Waals surface area contributed by atoms with Gasteiger partial charge in [-0.15, -0.1) is 0 Å². The number of hydrogen-bond acceptors (Lipinski definition) is 4. The van der Waals surface area contributed by atoms with E-state index in [0.717, 1.165) is 47.5 Å². The van der Waals surface area contributed by atoms with Crippen LogP contribution in [0.5, 0.6) is 0 Å². The molecule has 3 rings (SSSR count). The molecule has 1 aliphatic carbocycles. The number of urea groups is 1. The van der Waals surface area contributed by atoms with Gasteiger partial charge in [0.05, 0.1) is 6.04 Å². The monoisotopic (exact) mass is 371 g/mol. The predicted octanol–water partition coefficient (Wildman–Crippen LogP) is 2.16. The molecule has 1 heterocycles. The van der Waals surface area contributed by atoms with Gasteiger partial charge >= 0.3 is 17.8 Å². The van der Waals surface area contributed by atoms with Crippen molar-refractivity contribution in [1.29, 1.82) is 0 Å². The Balaban J connectivity index is 1.61. The quantitative estimate of drug-likeness (QED) is 0.613. The first-order valence-electron chi connectivity index (χ1n) is 9.49. The number of nitrogens with one attached hydrogen (secondary N) is 1. The second-order valence-corrected chi connectivity index (χ2v) is 7.17. The third kappa shape index (κ3) is 3.86. The van der Waals surface area contributed by atoms with E-state index in [2.05, 4.69) is 12.2 Å². The number of benzene rings is 1. The van der Waals surface area contributed by atoms with Gasteiger partial charge in [-0.1, -0.05) is 44.0 Å². The normalized spacial score (nSPS) is 19.1. The zero-order chi connectivity index (χ0) is 19.6. The first kappa shape index (κ1) is 19.1. The molecule has 0 bridgehead atoms. The van der Waals surface area contributed by atoms with Crippen molar-refractivity contribution >= 4 is 23.8 Å². The zero-order valence-corrected chi connectivity index (χ0v) is 15.7. The highest BCUT2D eigenvalue weighted by Crippen LogP contribution is 2.27. The first-order chi connectivity index (χ1) is 12.9. The summed E-state index contributed by atoms with van der Waals surface area (Å²) in [6.45, 7) is 3.47. The minimum atomic E-state index is -0.915. The molecule has 0 spiro atoms. The Morgan fingerprint density at radius 1 is 1.11 bits per heavy atom. The molecule has 0 aromatic heterocycles. The van der Waals surface area contributed by atoms with E-state index < -0.39 is 30.3 Å². The lowest BCUT2D eigenvalue weighted by Crippen LogP contribution is -2.43. The molecule has 1 aliphatic heterocycles. The largest absolute Gasteiger partial charge is 0.348 e. The predicted molar refractivity (Wildman–Crippen MR) is 98.6 cm³/mol. The molecule has 2 aliphatic rings. The Morgan fingerprint density at radius 3 is 2.33 bits per heavy atom. The number of amides is 5. The molecule has 1 atom stereocenters. The van der Waals surface area contributed by atoms with Gasteiger partial charge in [-0.05, 0) is 37.3 Å². The number of carbonyl (C=O) groups is 4. The molecule has 1 N–H and O–H groups in total. The van der Waals surface area contributed by atoms with Gasteiger partial charge in [0, 0.05) is 6.04 Å². The van der Waals surface area contributed by atoms with Crippen LogP contribution in [0.4, 0.5) is 4.79 Å². The van der Waals surface area contributed by atoms with E-state index in [1.54, 1.807) is 0 Å². The van der Waals surface area contributed by atoms with Crippen LogP contribution >= 0.6 is 0 Å². The fourth-order valence-corrected chi connectivity index (χ4v) is 3.70. The Morgan fingerprint density at radius 2 is 1.74 bits per heavy atom. The molecule has 144 valence electrons. The number of rotatable bonds is 6. The molecule has 0 radical (unpaired) electrons. The fourth-order valence-electron chi connectivity index (χ4n) is 3.70. The maximum Gasteiger partial charge on any atom is 0.334 e. The van der Waals surface area contributed by atoms with E-state index in [9.17, 15) is 19.2 Å². The van der Waals surface area contributed by atoms with Gasteiger partial charge in [0.15, 0.2) is 0 Å². The van der Waals surface area contributed by atoms with Crippen molar-refractivity contribution in [2.45, 2.75) is 58.0 Å². The number of aryl methyl sites for hydroxylation is 1. The third-order valence-electron chi connectivity index (χ3n) is 5.34. The highest BCUT2D eigenvalue weighted by Gasteiger charge is 2.48. The van der Waals surface area contributed by atoms with Gasteiger partial charge in [0.2, 0.25) is 5.91 Å². The second-order valence-electron chi connectivity index (χ2n) is 7.17. The minimum Gasteiger partial charge on any atom is -0.348 e. The van der Waals surface area contributed by atoms with Crippen molar-refractivity contribution in [1.82, 2.24) is 15.1 Å². The maximum atomic E-state index is 12.5. The number of carbonyl (C=O) groups excluding carboxylic acids is 4. The van der Waals surface area contributed by atoms with Gasteiger partial charge < -0.3 is 5.32 Å². The molecule has 27 heavy (non-hydrogen) atoms. The van der Waals surface area contributed by atoms with Crippen LogP contribution in [0.2, 0.25) is 0 Å². The van der Waals surface area contributed by atoms with Gasteiger partial charge in [0.25, 0.3) is 0 Å². The Labute approximate surface area is 158 Å². The Kier molecular flexibility index (Phi) is 5.58. The van der Waals surface area contributed by atoms with Gasteiger partial charge in [-0.2, -0.15) is 0 Å². The van der Waals surface area contributed by atoms with E-state index >= 15 is 0 Å². The van der Waals surface area contributed by atoms with E-state index in [4.69, 9.17) is 0 Å². The average molecular weight is 371 g/mol. The second kappa shape index (κ2) is 7.90. The summed E-state index contributed by atoms with van der Waals surface area (Å²) in [6.07, 6.45) is 4.24. The smallest absolute Gasteiger partial charge is 0.334 e. The molecule has 1 aromatic rings. The van der Waals surface area contributed by atoms with Crippen LogP contribution in [-0.2, 0) is 20.8 Å². The molecule has 7 heteroatoms. The zero-order valence-electron chi connectivity index (χ0n) is 15.7. The lowest BCUT2D eigenvalue weighted by Gasteiger charge is -2.21. The summed E-state index contributed by atoms with van der Waals surface area (Å²) >= 11 is 0. The summed E-state index contributed by atoms with van der Waals surface area (Å²) in [4.78, 5) is 51.0. The maximum absolute atomic E-state index is 12.5. The highest BCUT2D eigenvalue weighted by molar-refractivity contribution is 6.45. The molecular formula is C20H25N3O4. The topological polar surface area (TPSA) is 86.8 Å². The number of nitrogens with zero attached hydrogens (tertiary/aromatic N) is 2. The number of hydrogen-bond donors (Lipinski definition) is 1. The van der Waals surface area contributed by atoms with E-state index in [0.29, 0.717) is 0 Å². The summed E-state index contributed by atoms with van der Waals surface area (Å²) in [6, 6.07) is 6.73. The van der Waals surface area contributed by atoms with Gasteiger partial charge in [0.1, 0.15) is 6.54 Å². The molecule has 0 unspecified atom stereocenters. The molecule has 2 fully saturated rings. The molecule has 1 aromatic carbocycles. The molecule has 5 amide bonds. The molecule has 1 saturated heterocycles. The van der Waals surface area contributed by atoms with Crippen LogP contribution in [0.3, 0.4) is 0 Å². The number of imide groups is 2. The van der Waals surface area contributed by atoms with Crippen molar-refractivity contribution in [3.05, 3.63) is 35.4 Å². The van der Waals surface area contributed by atoms with Crippen molar-refractivity contribution in [2.75, 3.05) is 6.54 Å². The van der Waals surface area contributed by atoms with Crippen molar-refractivity contribution in [2.24, 2.45) is 0 Å². The van der Waals surface area contributed by atoms with E-state index in [-0.39, 0.29) is 12.1 Å². The van der Waals surface area contributed by atoms with Gasteiger partial charge in [-0.3, -0.25) is 19.3 Å². The standard InChI is InChI=1S/C20H25N3O4/c1-3-14-8-10-15(11-9-14)13(2)21-17(24)12-22-18(25)19(26)23(20(22)27)16-6-4-5-7-16/h8-11,13,16H,3-7,12H2,1-2H3,(H,21,24)/t13-/m1/s1. The van der Waals surface area contributed by atoms with Gasteiger partial charge in [-0.25, -0.2) is 9.69 Å². The SMILES string of the molecule is CCc1ccc([C@@H](C)NC(=O)CN2C(=O)C(=O)N(C3CCCC3)C2=O)cc1. The van der Waals surface area contributed by atoms with Crippen LogP contribution < -0.4 is 5.32 Å². The Bertz CT molecular complexity index is 753. The van der Waals surface area contributed by atoms with Crippen LogP contribution in [-0.4, -0.2) is 46.1 Å². The van der Waals surface area contributed by atoms with Crippen LogP contribution in [0.25, 0.3) is 0 Å². The minimum absolute atomic E-state index is 0.224. The fraction of sp³-hybridized carbons (Fsp3) is 0.500. The van der Waals surface area contributed by atoms with Crippen molar-refractivity contribution < 1.29 is 19.2 Å². The summed E-state index contributed by atoms with van der Waals surface area (Å²) in [5.74, 6) is -2.20.